The van der Waals surface area contributed by atoms with Crippen LogP contribution in [0.25, 0.3) is 10.9 Å². The molecule has 0 unspecified atom stereocenters. The van der Waals surface area contributed by atoms with Gasteiger partial charge in [-0.05, 0) is 80.1 Å². The van der Waals surface area contributed by atoms with E-state index in [0.717, 1.165) is 22.2 Å². The van der Waals surface area contributed by atoms with Crippen molar-refractivity contribution >= 4 is 34.3 Å². The normalized spacial score (nSPS) is 17.7. The number of hydrogen-bond donors (Lipinski definition) is 3. The maximum Gasteiger partial charge on any atom is 0.220 e. The van der Waals surface area contributed by atoms with Crippen molar-refractivity contribution < 1.29 is 18.7 Å². The number of nitrogens with one attached hydrogen (secondary N) is 3. The Hall–Kier alpha value is -3.06. The number of amides is 2. The number of carbonyl (C=O) groups is 2. The summed E-state index contributed by atoms with van der Waals surface area (Å²) in [4.78, 5) is 28.0. The van der Waals surface area contributed by atoms with Crippen LogP contribution in [0.5, 0.6) is 5.75 Å². The number of aromatic amines is 1. The van der Waals surface area contributed by atoms with Crippen LogP contribution in [-0.4, -0.2) is 36.0 Å². The van der Waals surface area contributed by atoms with Crippen LogP contribution in [0.3, 0.4) is 0 Å². The second kappa shape index (κ2) is 10.1. The minimum Gasteiger partial charge on any atom is -0.497 e. The Morgan fingerprint density at radius 3 is 2.82 bits per heavy atom. The van der Waals surface area contributed by atoms with E-state index in [2.05, 4.69) is 15.6 Å². The number of aromatic nitrogens is 1. The van der Waals surface area contributed by atoms with Gasteiger partial charge in [0.2, 0.25) is 11.8 Å². The fourth-order valence-corrected chi connectivity index (χ4v) is 4.98. The molecule has 180 valence electrons. The van der Waals surface area contributed by atoms with Gasteiger partial charge < -0.3 is 20.4 Å². The second-order valence-corrected chi connectivity index (χ2v) is 9.42. The average Bonchev–Trinajstić information content (AvgIpc) is 3.33. The molecule has 6 nitrogen and oxygen atoms in total. The first-order chi connectivity index (χ1) is 16.3. The average molecular weight is 486 g/mol. The number of fused-ring (bicyclic) bond motifs is 1. The molecule has 0 bridgehead atoms. The summed E-state index contributed by atoms with van der Waals surface area (Å²) < 4.78 is 19.7. The maximum absolute atomic E-state index is 14.4. The summed E-state index contributed by atoms with van der Waals surface area (Å²) in [5.74, 6) is 0.0433. The van der Waals surface area contributed by atoms with Gasteiger partial charge in [-0.1, -0.05) is 11.6 Å². The Balaban J connectivity index is 1.36. The van der Waals surface area contributed by atoms with E-state index >= 15 is 0 Å². The zero-order valence-electron chi connectivity index (χ0n) is 19.4. The predicted octanol–water partition coefficient (Wildman–Crippen LogP) is 4.61. The zero-order chi connectivity index (χ0) is 24.3. The van der Waals surface area contributed by atoms with Gasteiger partial charge >= 0.3 is 0 Å². The highest BCUT2D eigenvalue weighted by molar-refractivity contribution is 6.31. The lowest BCUT2D eigenvalue weighted by Crippen LogP contribution is -2.44. The summed E-state index contributed by atoms with van der Waals surface area (Å²) >= 11 is 6.15. The molecule has 2 amide bonds. The number of halogens is 2. The fourth-order valence-electron chi connectivity index (χ4n) is 4.81. The number of ether oxygens (including phenoxy) is 1. The first kappa shape index (κ1) is 24.1. The zero-order valence-corrected chi connectivity index (χ0v) is 20.2. The number of H-pyrrole nitrogens is 1. The van der Waals surface area contributed by atoms with Crippen LogP contribution in [0.15, 0.2) is 36.4 Å². The lowest BCUT2D eigenvalue weighted by molar-refractivity contribution is -0.122. The van der Waals surface area contributed by atoms with E-state index in [1.807, 2.05) is 25.1 Å². The van der Waals surface area contributed by atoms with Crippen LogP contribution in [-0.2, 0) is 22.4 Å². The molecule has 4 rings (SSSR count). The van der Waals surface area contributed by atoms with Crippen LogP contribution in [0.4, 0.5) is 4.39 Å². The molecule has 1 aromatic heterocycles. The number of carbonyl (C=O) groups excluding carboxylic acids is 2. The molecule has 2 heterocycles. The summed E-state index contributed by atoms with van der Waals surface area (Å²) in [6, 6.07) is 10.3. The van der Waals surface area contributed by atoms with E-state index in [1.54, 1.807) is 12.1 Å². The quantitative estimate of drug-likeness (QED) is 0.414. The van der Waals surface area contributed by atoms with Crippen molar-refractivity contribution in [2.45, 2.75) is 51.0 Å². The fraction of sp³-hybridized carbons (Fsp3) is 0.385. The molecule has 0 spiro atoms. The van der Waals surface area contributed by atoms with Gasteiger partial charge in [0.05, 0.1) is 7.11 Å². The van der Waals surface area contributed by atoms with Crippen molar-refractivity contribution in [3.63, 3.8) is 0 Å². The first-order valence-corrected chi connectivity index (χ1v) is 11.8. The van der Waals surface area contributed by atoms with E-state index in [4.69, 9.17) is 16.3 Å². The van der Waals surface area contributed by atoms with E-state index < -0.39 is 5.54 Å². The third-order valence-corrected chi connectivity index (χ3v) is 6.86. The molecule has 8 heteroatoms. The third-order valence-electron chi connectivity index (χ3n) is 6.63. The number of methoxy groups -OCH3 is 1. The molecular weight excluding hydrogens is 457 g/mol. The number of hydrogen-bond acceptors (Lipinski definition) is 3. The van der Waals surface area contributed by atoms with Gasteiger partial charge in [-0.2, -0.15) is 0 Å². The predicted molar refractivity (Wildman–Crippen MR) is 131 cm³/mol. The largest absolute Gasteiger partial charge is 0.497 e. The lowest BCUT2D eigenvalue weighted by atomic mass is 9.84. The summed E-state index contributed by atoms with van der Waals surface area (Å²) in [7, 11) is 1.53. The molecule has 0 saturated carbocycles. The van der Waals surface area contributed by atoms with Gasteiger partial charge in [0, 0.05) is 46.5 Å². The molecule has 1 aliphatic heterocycles. The summed E-state index contributed by atoms with van der Waals surface area (Å²) in [6.07, 6.45) is 2.59. The molecule has 0 radical (unpaired) electrons. The summed E-state index contributed by atoms with van der Waals surface area (Å²) in [6.45, 7) is 2.50. The van der Waals surface area contributed by atoms with Crippen LogP contribution in [0.2, 0.25) is 5.02 Å². The van der Waals surface area contributed by atoms with E-state index in [0.29, 0.717) is 55.0 Å². The monoisotopic (exact) mass is 485 g/mol. The summed E-state index contributed by atoms with van der Waals surface area (Å²) in [5, 5.41) is 7.72. The van der Waals surface area contributed by atoms with Gasteiger partial charge in [0.15, 0.2) is 0 Å². The number of aryl methyl sites for hydroxylation is 1. The molecule has 1 saturated heterocycles. The van der Waals surface area contributed by atoms with Crippen molar-refractivity contribution in [3.8, 4) is 5.75 Å². The maximum atomic E-state index is 14.4. The topological polar surface area (TPSA) is 83.2 Å². The van der Waals surface area contributed by atoms with Crippen LogP contribution >= 0.6 is 11.6 Å². The van der Waals surface area contributed by atoms with Crippen molar-refractivity contribution in [1.82, 2.24) is 15.6 Å². The Morgan fingerprint density at radius 2 is 2.09 bits per heavy atom. The highest BCUT2D eigenvalue weighted by Gasteiger charge is 2.38. The Labute approximate surface area is 203 Å². The molecule has 3 N–H and O–H groups in total. The highest BCUT2D eigenvalue weighted by atomic mass is 35.5. The Kier molecular flexibility index (Phi) is 7.12. The Morgan fingerprint density at radius 1 is 1.26 bits per heavy atom. The van der Waals surface area contributed by atoms with Crippen LogP contribution in [0.1, 0.15) is 42.5 Å². The van der Waals surface area contributed by atoms with Crippen LogP contribution in [0, 0.1) is 12.7 Å². The van der Waals surface area contributed by atoms with Crippen molar-refractivity contribution in [2.75, 3.05) is 13.7 Å². The lowest BCUT2D eigenvalue weighted by Gasteiger charge is -2.29. The van der Waals surface area contributed by atoms with Crippen molar-refractivity contribution in [2.24, 2.45) is 0 Å². The molecule has 34 heavy (non-hydrogen) atoms. The smallest absolute Gasteiger partial charge is 0.220 e. The molecule has 1 aliphatic rings. The molecule has 2 aromatic carbocycles. The molecule has 0 aliphatic carbocycles. The molecule has 3 aromatic rings. The van der Waals surface area contributed by atoms with E-state index in [9.17, 15) is 14.0 Å². The SMILES string of the molecule is COc1ccc(F)c(C[C@]2(CCC(=O)NCCc3c(C)[nH]c4ccc(Cl)cc34)CCC(=O)N2)c1. The number of benzene rings is 2. The Bertz CT molecular complexity index is 1230. The highest BCUT2D eigenvalue weighted by Crippen LogP contribution is 2.31. The molecule has 1 fully saturated rings. The van der Waals surface area contributed by atoms with Gasteiger partial charge in [0.1, 0.15) is 11.6 Å². The van der Waals surface area contributed by atoms with E-state index in [-0.39, 0.29) is 24.1 Å². The first-order valence-electron chi connectivity index (χ1n) is 11.5. The van der Waals surface area contributed by atoms with Crippen molar-refractivity contribution in [3.05, 3.63) is 64.1 Å². The third kappa shape index (κ3) is 5.36. The van der Waals surface area contributed by atoms with Gasteiger partial charge in [-0.15, -0.1) is 0 Å². The molecular formula is C26H29ClFN3O3. The van der Waals surface area contributed by atoms with Crippen LogP contribution < -0.4 is 15.4 Å². The van der Waals surface area contributed by atoms with Gasteiger partial charge in [-0.25, -0.2) is 4.39 Å². The minimum atomic E-state index is -0.647. The second-order valence-electron chi connectivity index (χ2n) is 8.98. The van der Waals surface area contributed by atoms with Crippen molar-refractivity contribution in [1.29, 1.82) is 0 Å². The minimum absolute atomic E-state index is 0.0721. The number of rotatable bonds is 9. The van der Waals surface area contributed by atoms with Gasteiger partial charge in [-0.3, -0.25) is 9.59 Å². The van der Waals surface area contributed by atoms with Gasteiger partial charge in [0.25, 0.3) is 0 Å². The summed E-state index contributed by atoms with van der Waals surface area (Å²) in [5.41, 5.74) is 3.03. The molecule has 1 atom stereocenters. The van der Waals surface area contributed by atoms with E-state index in [1.165, 1.54) is 13.2 Å². The standard InChI is InChI=1S/C26H29ClFN3O3/c1-16-20(21-14-18(27)3-6-23(21)30-16)9-12-29-24(32)7-10-26(11-8-25(33)31-26)15-17-13-19(34-2)4-5-22(17)28/h3-6,13-14,30H,7-12,15H2,1-2H3,(H,29,32)(H,31,33)/t26-/m0/s1.